The van der Waals surface area contributed by atoms with Crippen LogP contribution < -0.4 is 5.32 Å². The molecule has 8 heteroatoms. The van der Waals surface area contributed by atoms with Crippen LogP contribution in [-0.4, -0.2) is 69.7 Å². The minimum absolute atomic E-state index is 0. The summed E-state index contributed by atoms with van der Waals surface area (Å²) in [6.07, 6.45) is 3.57. The molecule has 0 spiro atoms. The first-order valence-corrected chi connectivity index (χ1v) is 9.76. The zero-order valence-electron chi connectivity index (χ0n) is 14.4. The van der Waals surface area contributed by atoms with Gasteiger partial charge in [-0.2, -0.15) is 0 Å². The van der Waals surface area contributed by atoms with E-state index in [4.69, 9.17) is 4.74 Å². The highest BCUT2D eigenvalue weighted by Crippen LogP contribution is 2.28. The minimum Gasteiger partial charge on any atom is -0.381 e. The Morgan fingerprint density at radius 3 is 2.65 bits per heavy atom. The summed E-state index contributed by atoms with van der Waals surface area (Å²) < 4.78 is 29.0. The SMILES string of the molecule is CN=C(NCCCOCC1CC1)N1CCS(=O)(=O)C(C)(C)C1.I. The maximum absolute atomic E-state index is 12.0. The molecule has 6 nitrogen and oxygen atoms in total. The van der Waals surface area contributed by atoms with Gasteiger partial charge in [0.25, 0.3) is 0 Å². The Morgan fingerprint density at radius 2 is 2.09 bits per heavy atom. The molecule has 2 fully saturated rings. The molecule has 0 bridgehead atoms. The molecule has 1 heterocycles. The zero-order valence-corrected chi connectivity index (χ0v) is 17.5. The van der Waals surface area contributed by atoms with E-state index < -0.39 is 14.6 Å². The highest BCUT2D eigenvalue weighted by Gasteiger charge is 2.40. The molecule has 1 aliphatic heterocycles. The van der Waals surface area contributed by atoms with Crippen LogP contribution in [-0.2, 0) is 14.6 Å². The number of sulfone groups is 1. The average molecular weight is 459 g/mol. The minimum atomic E-state index is -3.01. The highest BCUT2D eigenvalue weighted by molar-refractivity contribution is 14.0. The number of nitrogens with one attached hydrogen (secondary N) is 1. The fourth-order valence-corrected chi connectivity index (χ4v) is 3.93. The van der Waals surface area contributed by atoms with Gasteiger partial charge in [-0.1, -0.05) is 0 Å². The van der Waals surface area contributed by atoms with Gasteiger partial charge in [0, 0.05) is 39.9 Å². The third-order valence-electron chi connectivity index (χ3n) is 4.35. The standard InChI is InChI=1S/C15H29N3O3S.HI/c1-15(2)12-18(8-10-22(15,19)20)14(16-3)17-7-4-9-21-11-13-5-6-13;/h13H,4-12H2,1-3H3,(H,16,17);1H. The number of hydrogen-bond acceptors (Lipinski definition) is 4. The van der Waals surface area contributed by atoms with Crippen molar-refractivity contribution in [2.75, 3.05) is 45.6 Å². The molecule has 0 aromatic carbocycles. The van der Waals surface area contributed by atoms with Crippen molar-refractivity contribution in [3.8, 4) is 0 Å². The maximum Gasteiger partial charge on any atom is 0.193 e. The van der Waals surface area contributed by atoms with E-state index in [9.17, 15) is 8.42 Å². The third-order valence-corrected chi connectivity index (χ3v) is 6.89. The summed E-state index contributed by atoms with van der Waals surface area (Å²) >= 11 is 0. The number of nitrogens with zero attached hydrogens (tertiary/aromatic N) is 2. The Kier molecular flexibility index (Phi) is 8.06. The van der Waals surface area contributed by atoms with Crippen LogP contribution in [0.5, 0.6) is 0 Å². The number of aliphatic imine (C=N–C) groups is 1. The molecule has 0 unspecified atom stereocenters. The van der Waals surface area contributed by atoms with Crippen LogP contribution in [0.2, 0.25) is 0 Å². The van der Waals surface area contributed by atoms with Crippen molar-refractivity contribution in [3.05, 3.63) is 0 Å². The summed E-state index contributed by atoms with van der Waals surface area (Å²) in [4.78, 5) is 6.31. The molecule has 2 rings (SSSR count). The first-order chi connectivity index (χ1) is 10.4. The molecule has 0 radical (unpaired) electrons. The molecule has 0 aromatic heterocycles. The Bertz CT molecular complexity index is 504. The van der Waals surface area contributed by atoms with Gasteiger partial charge in [0.05, 0.1) is 10.5 Å². The van der Waals surface area contributed by atoms with Crippen molar-refractivity contribution >= 4 is 39.8 Å². The second-order valence-corrected chi connectivity index (χ2v) is 9.59. The normalized spacial score (nSPS) is 23.3. The predicted octanol–water partition coefficient (Wildman–Crippen LogP) is 1.51. The molecule has 2 aliphatic rings. The van der Waals surface area contributed by atoms with Crippen LogP contribution in [0.4, 0.5) is 0 Å². The lowest BCUT2D eigenvalue weighted by Crippen LogP contribution is -2.57. The molecule has 1 aliphatic carbocycles. The summed E-state index contributed by atoms with van der Waals surface area (Å²) in [6.45, 7) is 7.01. The first-order valence-electron chi connectivity index (χ1n) is 8.11. The first kappa shape index (κ1) is 21.0. The second kappa shape index (κ2) is 8.84. The monoisotopic (exact) mass is 459 g/mol. The fourth-order valence-electron chi connectivity index (χ4n) is 2.57. The summed E-state index contributed by atoms with van der Waals surface area (Å²) in [7, 11) is -1.28. The van der Waals surface area contributed by atoms with Crippen LogP contribution in [0.3, 0.4) is 0 Å². The van der Waals surface area contributed by atoms with E-state index in [1.54, 1.807) is 20.9 Å². The largest absolute Gasteiger partial charge is 0.381 e. The lowest BCUT2D eigenvalue weighted by molar-refractivity contribution is 0.122. The van der Waals surface area contributed by atoms with Crippen LogP contribution in [0, 0.1) is 5.92 Å². The number of rotatable bonds is 6. The Morgan fingerprint density at radius 1 is 1.39 bits per heavy atom. The van der Waals surface area contributed by atoms with Crippen molar-refractivity contribution in [2.24, 2.45) is 10.9 Å². The molecule has 1 N–H and O–H groups in total. The van der Waals surface area contributed by atoms with Crippen molar-refractivity contribution in [2.45, 2.75) is 37.9 Å². The maximum atomic E-state index is 12.0. The van der Waals surface area contributed by atoms with E-state index in [1.807, 2.05) is 4.90 Å². The lowest BCUT2D eigenvalue weighted by atomic mass is 10.2. The Hall–Kier alpha value is -0.0900. The van der Waals surface area contributed by atoms with Gasteiger partial charge in [-0.25, -0.2) is 8.42 Å². The topological polar surface area (TPSA) is 71.0 Å². The fraction of sp³-hybridized carbons (Fsp3) is 0.933. The van der Waals surface area contributed by atoms with Gasteiger partial charge in [0.1, 0.15) is 0 Å². The molecule has 23 heavy (non-hydrogen) atoms. The number of hydrogen-bond donors (Lipinski definition) is 1. The molecular formula is C15H30IN3O3S. The van der Waals surface area contributed by atoms with Gasteiger partial charge in [-0.05, 0) is 39.0 Å². The molecule has 136 valence electrons. The summed E-state index contributed by atoms with van der Waals surface area (Å²) in [6, 6.07) is 0. The van der Waals surface area contributed by atoms with Crippen molar-refractivity contribution in [1.29, 1.82) is 0 Å². The van der Waals surface area contributed by atoms with Crippen LogP contribution >= 0.6 is 24.0 Å². The average Bonchev–Trinajstić information content (AvgIpc) is 3.26. The van der Waals surface area contributed by atoms with Crippen LogP contribution in [0.25, 0.3) is 0 Å². The van der Waals surface area contributed by atoms with E-state index in [1.165, 1.54) is 12.8 Å². The van der Waals surface area contributed by atoms with E-state index in [2.05, 4.69) is 10.3 Å². The molecule has 0 atom stereocenters. The summed E-state index contributed by atoms with van der Waals surface area (Å²) in [5, 5.41) is 3.31. The third kappa shape index (κ3) is 6.04. The van der Waals surface area contributed by atoms with Crippen LogP contribution in [0.1, 0.15) is 33.1 Å². The van der Waals surface area contributed by atoms with Gasteiger partial charge in [-0.15, -0.1) is 24.0 Å². The van der Waals surface area contributed by atoms with E-state index >= 15 is 0 Å². The van der Waals surface area contributed by atoms with E-state index in [0.717, 1.165) is 38.1 Å². The van der Waals surface area contributed by atoms with Crippen molar-refractivity contribution < 1.29 is 13.2 Å². The molecule has 1 saturated carbocycles. The van der Waals surface area contributed by atoms with Gasteiger partial charge < -0.3 is 15.0 Å². The Balaban J connectivity index is 0.00000264. The Labute approximate surface area is 157 Å². The van der Waals surface area contributed by atoms with Crippen molar-refractivity contribution in [3.63, 3.8) is 0 Å². The zero-order chi connectivity index (χ0) is 16.2. The summed E-state index contributed by atoms with van der Waals surface area (Å²) in [5.74, 6) is 1.77. The van der Waals surface area contributed by atoms with E-state index in [0.29, 0.717) is 13.1 Å². The quantitative estimate of drug-likeness (QED) is 0.282. The molecular weight excluding hydrogens is 429 g/mol. The number of halogens is 1. The highest BCUT2D eigenvalue weighted by atomic mass is 127. The smallest absolute Gasteiger partial charge is 0.193 e. The van der Waals surface area contributed by atoms with E-state index in [-0.39, 0.29) is 29.7 Å². The van der Waals surface area contributed by atoms with Gasteiger partial charge in [0.2, 0.25) is 0 Å². The van der Waals surface area contributed by atoms with Gasteiger partial charge in [-0.3, -0.25) is 4.99 Å². The summed E-state index contributed by atoms with van der Waals surface area (Å²) in [5.41, 5.74) is 0. The van der Waals surface area contributed by atoms with Crippen LogP contribution in [0.15, 0.2) is 4.99 Å². The second-order valence-electron chi connectivity index (χ2n) is 6.85. The number of ether oxygens (including phenoxy) is 1. The molecule has 0 aromatic rings. The van der Waals surface area contributed by atoms with Gasteiger partial charge in [0.15, 0.2) is 15.8 Å². The number of guanidine groups is 1. The predicted molar refractivity (Wildman–Crippen MR) is 104 cm³/mol. The lowest BCUT2D eigenvalue weighted by Gasteiger charge is -2.39. The molecule has 1 saturated heterocycles. The van der Waals surface area contributed by atoms with Crippen molar-refractivity contribution in [1.82, 2.24) is 10.2 Å². The van der Waals surface area contributed by atoms with Gasteiger partial charge >= 0.3 is 0 Å². The molecule has 0 amide bonds.